The lowest BCUT2D eigenvalue weighted by atomic mass is 9.77. The van der Waals surface area contributed by atoms with E-state index in [-0.39, 0.29) is 5.41 Å². The van der Waals surface area contributed by atoms with Crippen LogP contribution in [0.5, 0.6) is 0 Å². The van der Waals surface area contributed by atoms with E-state index in [1.807, 2.05) is 19.1 Å². The van der Waals surface area contributed by atoms with E-state index < -0.39 is 0 Å². The number of aromatic nitrogens is 2. The number of amides is 1. The zero-order chi connectivity index (χ0) is 16.6. The summed E-state index contributed by atoms with van der Waals surface area (Å²) in [5.74, 6) is 1.26. The Bertz CT molecular complexity index is 600. The van der Waals surface area contributed by atoms with E-state index >= 15 is 0 Å². The molecule has 24 heavy (non-hydrogen) atoms. The maximum atomic E-state index is 13.3. The van der Waals surface area contributed by atoms with Crippen LogP contribution in [0.1, 0.15) is 37.8 Å². The second-order valence-corrected chi connectivity index (χ2v) is 7.43. The number of ether oxygens (including phenoxy) is 1. The van der Waals surface area contributed by atoms with E-state index in [1.165, 1.54) is 0 Å². The minimum atomic E-state index is -0.219. The monoisotopic (exact) mass is 330 g/mol. The fourth-order valence-corrected chi connectivity index (χ4v) is 4.45. The summed E-state index contributed by atoms with van der Waals surface area (Å²) >= 11 is 0. The number of hydrogen-bond donors (Lipinski definition) is 0. The molecular weight excluding hydrogens is 304 g/mol. The van der Waals surface area contributed by atoms with Crippen molar-refractivity contribution in [2.24, 2.45) is 5.41 Å². The summed E-state index contributed by atoms with van der Waals surface area (Å²) in [6.45, 7) is 6.10. The van der Waals surface area contributed by atoms with Crippen molar-refractivity contribution in [2.45, 2.75) is 45.1 Å². The Hall–Kier alpha value is -1.69. The molecule has 0 aliphatic carbocycles. The maximum Gasteiger partial charge on any atom is 0.230 e. The van der Waals surface area contributed by atoms with Gasteiger partial charge in [-0.25, -0.2) is 0 Å². The zero-order valence-electron chi connectivity index (χ0n) is 14.4. The van der Waals surface area contributed by atoms with Gasteiger partial charge in [0.15, 0.2) is 5.82 Å². The summed E-state index contributed by atoms with van der Waals surface area (Å²) in [7, 11) is 0. The van der Waals surface area contributed by atoms with Crippen molar-refractivity contribution >= 4 is 11.7 Å². The number of likely N-dealkylation sites (tertiary alicyclic amines) is 1. The lowest BCUT2D eigenvalue weighted by Gasteiger charge is -2.44. The Morgan fingerprint density at radius 3 is 2.75 bits per heavy atom. The Balaban J connectivity index is 1.50. The van der Waals surface area contributed by atoms with Crippen molar-refractivity contribution in [1.82, 2.24) is 15.1 Å². The Labute approximate surface area is 143 Å². The molecular formula is C18H26N4O2. The van der Waals surface area contributed by atoms with Crippen LogP contribution in [-0.2, 0) is 9.53 Å². The molecule has 0 radical (unpaired) electrons. The number of hydrogen-bond acceptors (Lipinski definition) is 5. The third-order valence-electron chi connectivity index (χ3n) is 5.86. The van der Waals surface area contributed by atoms with Crippen molar-refractivity contribution in [3.63, 3.8) is 0 Å². The van der Waals surface area contributed by atoms with Gasteiger partial charge < -0.3 is 14.5 Å². The molecule has 6 nitrogen and oxygen atoms in total. The van der Waals surface area contributed by atoms with Crippen molar-refractivity contribution in [3.05, 3.63) is 17.8 Å². The van der Waals surface area contributed by atoms with Gasteiger partial charge in [-0.2, -0.15) is 5.10 Å². The summed E-state index contributed by atoms with van der Waals surface area (Å²) in [6, 6.07) is 4.38. The number of piperidine rings is 1. The number of rotatable bonds is 2. The topological polar surface area (TPSA) is 58.6 Å². The van der Waals surface area contributed by atoms with Crippen molar-refractivity contribution in [2.75, 3.05) is 37.7 Å². The highest BCUT2D eigenvalue weighted by molar-refractivity contribution is 5.85. The van der Waals surface area contributed by atoms with E-state index in [0.717, 1.165) is 76.5 Å². The first-order chi connectivity index (χ1) is 11.7. The lowest BCUT2D eigenvalue weighted by Crippen LogP contribution is -2.54. The highest BCUT2D eigenvalue weighted by Gasteiger charge is 2.50. The standard InChI is InChI=1S/C18H26N4O2/c1-14-3-4-16(20-19-14)21-10-8-18(13-21)7-2-9-22(17(18)23)15-5-11-24-12-6-15/h3-4,15H,2,5-13H2,1H3/t18-/m0/s1. The van der Waals surface area contributed by atoms with Gasteiger partial charge in [0, 0.05) is 38.9 Å². The highest BCUT2D eigenvalue weighted by Crippen LogP contribution is 2.42. The molecule has 4 rings (SSSR count). The molecule has 1 aromatic rings. The van der Waals surface area contributed by atoms with Crippen molar-refractivity contribution in [3.8, 4) is 0 Å². The van der Waals surface area contributed by atoms with Crippen LogP contribution in [-0.4, -0.2) is 59.9 Å². The first kappa shape index (κ1) is 15.8. The van der Waals surface area contributed by atoms with Gasteiger partial charge in [-0.3, -0.25) is 4.79 Å². The Morgan fingerprint density at radius 1 is 1.17 bits per heavy atom. The van der Waals surface area contributed by atoms with Gasteiger partial charge in [0.25, 0.3) is 0 Å². The number of nitrogens with zero attached hydrogens (tertiary/aromatic N) is 4. The predicted molar refractivity (Wildman–Crippen MR) is 90.8 cm³/mol. The summed E-state index contributed by atoms with van der Waals surface area (Å²) in [5.41, 5.74) is 0.704. The van der Waals surface area contributed by atoms with Gasteiger partial charge in [0.2, 0.25) is 5.91 Å². The van der Waals surface area contributed by atoms with E-state index in [1.54, 1.807) is 0 Å². The molecule has 3 fully saturated rings. The van der Waals surface area contributed by atoms with Crippen LogP contribution in [0, 0.1) is 12.3 Å². The lowest BCUT2D eigenvalue weighted by molar-refractivity contribution is -0.149. The van der Waals surface area contributed by atoms with Gasteiger partial charge in [0.1, 0.15) is 0 Å². The molecule has 6 heteroatoms. The molecule has 0 aromatic carbocycles. The van der Waals surface area contributed by atoms with Gasteiger partial charge in [-0.15, -0.1) is 5.10 Å². The van der Waals surface area contributed by atoms with Crippen LogP contribution >= 0.6 is 0 Å². The summed E-state index contributed by atoms with van der Waals surface area (Å²) < 4.78 is 5.47. The average Bonchev–Trinajstić information content (AvgIpc) is 3.04. The maximum absolute atomic E-state index is 13.3. The molecule has 1 amide bonds. The van der Waals surface area contributed by atoms with E-state index in [0.29, 0.717) is 11.9 Å². The second-order valence-electron chi connectivity index (χ2n) is 7.43. The van der Waals surface area contributed by atoms with Gasteiger partial charge in [0.05, 0.1) is 11.1 Å². The summed E-state index contributed by atoms with van der Waals surface area (Å²) in [4.78, 5) is 17.7. The van der Waals surface area contributed by atoms with Crippen LogP contribution in [0.15, 0.2) is 12.1 Å². The largest absolute Gasteiger partial charge is 0.381 e. The van der Waals surface area contributed by atoms with Crippen LogP contribution in [0.2, 0.25) is 0 Å². The number of carbonyl (C=O) groups is 1. The van der Waals surface area contributed by atoms with Crippen LogP contribution < -0.4 is 4.90 Å². The van der Waals surface area contributed by atoms with Crippen molar-refractivity contribution < 1.29 is 9.53 Å². The third-order valence-corrected chi connectivity index (χ3v) is 5.86. The first-order valence-corrected chi connectivity index (χ1v) is 9.12. The van der Waals surface area contributed by atoms with E-state index in [4.69, 9.17) is 4.74 Å². The Morgan fingerprint density at radius 2 is 2.00 bits per heavy atom. The quantitative estimate of drug-likeness (QED) is 0.827. The molecule has 0 saturated carbocycles. The molecule has 0 bridgehead atoms. The highest BCUT2D eigenvalue weighted by atomic mass is 16.5. The minimum Gasteiger partial charge on any atom is -0.381 e. The van der Waals surface area contributed by atoms with Crippen molar-refractivity contribution in [1.29, 1.82) is 0 Å². The zero-order valence-corrected chi connectivity index (χ0v) is 14.4. The van der Waals surface area contributed by atoms with Crippen LogP contribution in [0.3, 0.4) is 0 Å². The summed E-state index contributed by atoms with van der Waals surface area (Å²) in [6.07, 6.45) is 5.00. The SMILES string of the molecule is Cc1ccc(N2CC[C@@]3(CCCN(C4CCOCC4)C3=O)C2)nn1. The third kappa shape index (κ3) is 2.77. The van der Waals surface area contributed by atoms with Gasteiger partial charge in [-0.05, 0) is 51.2 Å². The van der Waals surface area contributed by atoms with E-state index in [2.05, 4.69) is 20.0 Å². The summed E-state index contributed by atoms with van der Waals surface area (Å²) in [5, 5.41) is 8.47. The first-order valence-electron chi connectivity index (χ1n) is 9.12. The molecule has 1 atom stereocenters. The normalized spacial score (nSPS) is 28.8. The smallest absolute Gasteiger partial charge is 0.230 e. The molecule has 1 spiro atoms. The van der Waals surface area contributed by atoms with Crippen LogP contribution in [0.25, 0.3) is 0 Å². The fraction of sp³-hybridized carbons (Fsp3) is 0.722. The molecule has 3 saturated heterocycles. The second kappa shape index (κ2) is 6.31. The minimum absolute atomic E-state index is 0.219. The molecule has 0 N–H and O–H groups in total. The number of aryl methyl sites for hydroxylation is 1. The molecule has 130 valence electrons. The number of anilines is 1. The van der Waals surface area contributed by atoms with Crippen LogP contribution in [0.4, 0.5) is 5.82 Å². The molecule has 1 aromatic heterocycles. The van der Waals surface area contributed by atoms with E-state index in [9.17, 15) is 4.79 Å². The Kier molecular flexibility index (Phi) is 4.16. The van der Waals surface area contributed by atoms with Gasteiger partial charge in [-0.1, -0.05) is 0 Å². The molecule has 3 aliphatic heterocycles. The molecule has 0 unspecified atom stereocenters. The predicted octanol–water partition coefficient (Wildman–Crippen LogP) is 1.78. The fourth-order valence-electron chi connectivity index (χ4n) is 4.45. The molecule has 4 heterocycles. The number of carbonyl (C=O) groups excluding carboxylic acids is 1. The van der Waals surface area contributed by atoms with Gasteiger partial charge >= 0.3 is 0 Å². The average molecular weight is 330 g/mol. The molecule has 3 aliphatic rings.